The van der Waals surface area contributed by atoms with Crippen LogP contribution in [0.25, 0.3) is 0 Å². The number of rotatable bonds is 8. The first-order valence-electron chi connectivity index (χ1n) is 6.76. The van der Waals surface area contributed by atoms with E-state index in [0.29, 0.717) is 12.1 Å². The van der Waals surface area contributed by atoms with E-state index in [9.17, 15) is 0 Å². The Balaban J connectivity index is 2.46. The summed E-state index contributed by atoms with van der Waals surface area (Å²) >= 11 is 0. The molecule has 0 aromatic heterocycles. The fourth-order valence-electron chi connectivity index (χ4n) is 1.99. The molecule has 102 valence electrons. The van der Waals surface area contributed by atoms with E-state index in [1.54, 1.807) is 7.11 Å². The van der Waals surface area contributed by atoms with E-state index in [1.807, 2.05) is 0 Å². The normalized spacial score (nSPS) is 14.4. The number of hydrazine groups is 1. The standard InChI is InChI=1S/C15H26N2O/c1-4-13-6-8-14(9-7-13)11-15(17-16)10-5-12(2)18-3/h6-9,12,15,17H,4-5,10-11,16H2,1-3H3. The summed E-state index contributed by atoms with van der Waals surface area (Å²) in [6, 6.07) is 9.10. The molecule has 3 nitrogen and oxygen atoms in total. The summed E-state index contributed by atoms with van der Waals surface area (Å²) < 4.78 is 5.26. The van der Waals surface area contributed by atoms with Gasteiger partial charge in [0.2, 0.25) is 0 Å². The monoisotopic (exact) mass is 250 g/mol. The molecule has 2 unspecified atom stereocenters. The number of hydrogen-bond donors (Lipinski definition) is 2. The second kappa shape index (κ2) is 8.25. The van der Waals surface area contributed by atoms with Crippen molar-refractivity contribution >= 4 is 0 Å². The topological polar surface area (TPSA) is 47.3 Å². The summed E-state index contributed by atoms with van der Waals surface area (Å²) in [5.41, 5.74) is 5.62. The van der Waals surface area contributed by atoms with Gasteiger partial charge in [0, 0.05) is 13.2 Å². The highest BCUT2D eigenvalue weighted by atomic mass is 16.5. The predicted octanol–water partition coefficient (Wildman–Crippen LogP) is 2.44. The number of nitrogens with two attached hydrogens (primary N) is 1. The van der Waals surface area contributed by atoms with E-state index in [2.05, 4.69) is 43.5 Å². The zero-order valence-corrected chi connectivity index (χ0v) is 11.8. The minimum Gasteiger partial charge on any atom is -0.382 e. The van der Waals surface area contributed by atoms with Gasteiger partial charge in [-0.25, -0.2) is 0 Å². The maximum Gasteiger partial charge on any atom is 0.0543 e. The lowest BCUT2D eigenvalue weighted by Gasteiger charge is -2.18. The van der Waals surface area contributed by atoms with Gasteiger partial charge in [0.15, 0.2) is 0 Å². The van der Waals surface area contributed by atoms with Crippen LogP contribution in [-0.2, 0) is 17.6 Å². The number of hydrogen-bond acceptors (Lipinski definition) is 3. The van der Waals surface area contributed by atoms with Crippen molar-refractivity contribution in [2.45, 2.75) is 51.7 Å². The van der Waals surface area contributed by atoms with Crippen LogP contribution in [0.15, 0.2) is 24.3 Å². The van der Waals surface area contributed by atoms with Gasteiger partial charge in [-0.05, 0) is 43.7 Å². The lowest BCUT2D eigenvalue weighted by atomic mass is 9.99. The zero-order chi connectivity index (χ0) is 13.4. The Morgan fingerprint density at radius 1 is 1.17 bits per heavy atom. The van der Waals surface area contributed by atoms with Gasteiger partial charge in [-0.15, -0.1) is 0 Å². The van der Waals surface area contributed by atoms with Crippen molar-refractivity contribution in [3.05, 3.63) is 35.4 Å². The molecule has 2 atom stereocenters. The molecule has 1 aromatic carbocycles. The van der Waals surface area contributed by atoms with Crippen LogP contribution >= 0.6 is 0 Å². The van der Waals surface area contributed by atoms with Crippen molar-refractivity contribution in [2.75, 3.05) is 7.11 Å². The average Bonchev–Trinajstić information content (AvgIpc) is 2.43. The third-order valence-electron chi connectivity index (χ3n) is 3.47. The highest BCUT2D eigenvalue weighted by Gasteiger charge is 2.10. The quantitative estimate of drug-likeness (QED) is 0.550. The second-order valence-electron chi connectivity index (χ2n) is 4.86. The van der Waals surface area contributed by atoms with Crippen LogP contribution in [0.5, 0.6) is 0 Å². The Hall–Kier alpha value is -0.900. The van der Waals surface area contributed by atoms with Crippen molar-refractivity contribution in [1.29, 1.82) is 0 Å². The molecule has 0 saturated heterocycles. The van der Waals surface area contributed by atoms with Gasteiger partial charge in [-0.2, -0.15) is 0 Å². The van der Waals surface area contributed by atoms with E-state index >= 15 is 0 Å². The van der Waals surface area contributed by atoms with E-state index in [0.717, 1.165) is 25.7 Å². The van der Waals surface area contributed by atoms with Crippen LogP contribution in [-0.4, -0.2) is 19.3 Å². The van der Waals surface area contributed by atoms with Crippen LogP contribution in [0, 0.1) is 0 Å². The number of nitrogens with one attached hydrogen (secondary N) is 1. The van der Waals surface area contributed by atoms with Crippen LogP contribution < -0.4 is 11.3 Å². The molecule has 3 N–H and O–H groups in total. The van der Waals surface area contributed by atoms with Crippen molar-refractivity contribution < 1.29 is 4.74 Å². The van der Waals surface area contributed by atoms with E-state index in [1.165, 1.54) is 11.1 Å². The summed E-state index contributed by atoms with van der Waals surface area (Å²) in [7, 11) is 1.75. The lowest BCUT2D eigenvalue weighted by molar-refractivity contribution is 0.106. The van der Waals surface area contributed by atoms with Gasteiger partial charge in [0.1, 0.15) is 0 Å². The molecule has 0 fully saturated rings. The summed E-state index contributed by atoms with van der Waals surface area (Å²) in [6.07, 6.45) is 4.41. The zero-order valence-electron chi connectivity index (χ0n) is 11.8. The van der Waals surface area contributed by atoms with Crippen LogP contribution in [0.4, 0.5) is 0 Å². The molecule has 0 aliphatic rings. The van der Waals surface area contributed by atoms with Crippen LogP contribution in [0.3, 0.4) is 0 Å². The Kier molecular flexibility index (Phi) is 6.94. The fraction of sp³-hybridized carbons (Fsp3) is 0.600. The second-order valence-corrected chi connectivity index (χ2v) is 4.86. The molecule has 0 saturated carbocycles. The maximum absolute atomic E-state index is 5.61. The van der Waals surface area contributed by atoms with Crippen molar-refractivity contribution in [3.63, 3.8) is 0 Å². The van der Waals surface area contributed by atoms with Gasteiger partial charge in [-0.1, -0.05) is 31.2 Å². The first kappa shape index (κ1) is 15.2. The third-order valence-corrected chi connectivity index (χ3v) is 3.47. The molecule has 3 heteroatoms. The van der Waals surface area contributed by atoms with E-state index < -0.39 is 0 Å². The molecule has 1 aromatic rings. The van der Waals surface area contributed by atoms with Crippen molar-refractivity contribution in [2.24, 2.45) is 5.84 Å². The van der Waals surface area contributed by atoms with Crippen molar-refractivity contribution in [3.8, 4) is 0 Å². The van der Waals surface area contributed by atoms with Crippen LogP contribution in [0.2, 0.25) is 0 Å². The smallest absolute Gasteiger partial charge is 0.0543 e. The van der Waals surface area contributed by atoms with Gasteiger partial charge >= 0.3 is 0 Å². The SMILES string of the molecule is CCc1ccc(CC(CCC(C)OC)NN)cc1. The number of aryl methyl sites for hydroxylation is 1. The Bertz CT molecular complexity index is 324. The molecule has 0 amide bonds. The first-order chi connectivity index (χ1) is 8.69. The highest BCUT2D eigenvalue weighted by Crippen LogP contribution is 2.11. The fourth-order valence-corrected chi connectivity index (χ4v) is 1.99. The molecule has 0 heterocycles. The predicted molar refractivity (Wildman–Crippen MR) is 76.3 cm³/mol. The first-order valence-corrected chi connectivity index (χ1v) is 6.76. The molecule has 18 heavy (non-hydrogen) atoms. The van der Waals surface area contributed by atoms with E-state index in [-0.39, 0.29) is 0 Å². The summed E-state index contributed by atoms with van der Waals surface area (Å²) in [5, 5.41) is 0. The third kappa shape index (κ3) is 5.17. The average molecular weight is 250 g/mol. The Morgan fingerprint density at radius 3 is 2.28 bits per heavy atom. The Labute approximate surface area is 111 Å². The molecule has 0 aliphatic heterocycles. The largest absolute Gasteiger partial charge is 0.382 e. The lowest BCUT2D eigenvalue weighted by Crippen LogP contribution is -2.37. The molecule has 1 rings (SSSR count). The number of methoxy groups -OCH3 is 1. The summed E-state index contributed by atoms with van der Waals surface area (Å²) in [4.78, 5) is 0. The molecule has 0 radical (unpaired) electrons. The van der Waals surface area contributed by atoms with Crippen LogP contribution in [0.1, 0.15) is 37.8 Å². The molecule has 0 aliphatic carbocycles. The number of benzene rings is 1. The molecular formula is C15H26N2O. The van der Waals surface area contributed by atoms with Gasteiger partial charge in [0.05, 0.1) is 6.10 Å². The maximum atomic E-state index is 5.61. The molecule has 0 spiro atoms. The summed E-state index contributed by atoms with van der Waals surface area (Å²) in [5.74, 6) is 5.61. The van der Waals surface area contributed by atoms with E-state index in [4.69, 9.17) is 10.6 Å². The Morgan fingerprint density at radius 2 is 1.78 bits per heavy atom. The van der Waals surface area contributed by atoms with Crippen molar-refractivity contribution in [1.82, 2.24) is 5.43 Å². The van der Waals surface area contributed by atoms with Gasteiger partial charge in [0.25, 0.3) is 0 Å². The van der Waals surface area contributed by atoms with Gasteiger partial charge in [-0.3, -0.25) is 11.3 Å². The molecular weight excluding hydrogens is 224 g/mol. The molecule has 0 bridgehead atoms. The van der Waals surface area contributed by atoms with Gasteiger partial charge < -0.3 is 4.74 Å². The summed E-state index contributed by atoms with van der Waals surface area (Å²) in [6.45, 7) is 4.26. The minimum absolute atomic E-state index is 0.295. The number of ether oxygens (including phenoxy) is 1. The highest BCUT2D eigenvalue weighted by molar-refractivity contribution is 5.23. The minimum atomic E-state index is 0.295.